The van der Waals surface area contributed by atoms with Gasteiger partial charge in [-0.25, -0.2) is 0 Å². The van der Waals surface area contributed by atoms with Crippen LogP contribution in [0.2, 0.25) is 0 Å². The smallest absolute Gasteiger partial charge is 0.115 e. The van der Waals surface area contributed by atoms with Crippen molar-refractivity contribution in [2.75, 3.05) is 7.11 Å². The Hall–Kier alpha value is -1.90. The number of hydrogen-bond acceptors (Lipinski definition) is 2. The highest BCUT2D eigenvalue weighted by Gasteiger charge is 2.35. The summed E-state index contributed by atoms with van der Waals surface area (Å²) in [6.45, 7) is 0. The molecule has 0 fully saturated rings. The molecule has 2 aromatic carbocycles. The van der Waals surface area contributed by atoms with Gasteiger partial charge in [0, 0.05) is 13.5 Å². The summed E-state index contributed by atoms with van der Waals surface area (Å²) in [5.41, 5.74) is 2.68. The van der Waals surface area contributed by atoms with Gasteiger partial charge in [-0.1, -0.05) is 60.7 Å². The molecule has 1 aliphatic carbocycles. The standard InChI is InChI=1S/C18H18O2/c1-20-18(13-14-7-3-2-4-8-14)12-11-17(19)15-9-5-6-10-16(15)18/h2-12,17,19H,13H2,1H3/t17?,18-/m0/s1. The van der Waals surface area contributed by atoms with Crippen molar-refractivity contribution in [3.63, 3.8) is 0 Å². The number of aliphatic hydroxyl groups excluding tert-OH is 1. The van der Waals surface area contributed by atoms with E-state index < -0.39 is 11.7 Å². The van der Waals surface area contributed by atoms with Crippen LogP contribution in [0.25, 0.3) is 0 Å². The fourth-order valence-electron chi connectivity index (χ4n) is 2.88. The third-order valence-electron chi connectivity index (χ3n) is 3.96. The molecule has 0 aliphatic heterocycles. The second kappa shape index (κ2) is 5.23. The van der Waals surface area contributed by atoms with Crippen molar-refractivity contribution in [1.82, 2.24) is 0 Å². The number of rotatable bonds is 3. The topological polar surface area (TPSA) is 29.5 Å². The van der Waals surface area contributed by atoms with Crippen LogP contribution in [0.15, 0.2) is 66.7 Å². The number of fused-ring (bicyclic) bond motifs is 1. The normalized spacial score (nSPS) is 24.4. The van der Waals surface area contributed by atoms with Crippen molar-refractivity contribution in [3.8, 4) is 0 Å². The van der Waals surface area contributed by atoms with Crippen LogP contribution >= 0.6 is 0 Å². The zero-order valence-corrected chi connectivity index (χ0v) is 11.5. The molecule has 2 nitrogen and oxygen atoms in total. The molecule has 0 radical (unpaired) electrons. The van der Waals surface area contributed by atoms with Gasteiger partial charge in [-0.3, -0.25) is 0 Å². The van der Waals surface area contributed by atoms with Crippen LogP contribution in [0.4, 0.5) is 0 Å². The summed E-state index contributed by atoms with van der Waals surface area (Å²) in [5.74, 6) is 0. The lowest BCUT2D eigenvalue weighted by molar-refractivity contribution is 0.0222. The van der Waals surface area contributed by atoms with Crippen LogP contribution in [-0.4, -0.2) is 12.2 Å². The highest BCUT2D eigenvalue weighted by Crippen LogP contribution is 2.39. The van der Waals surface area contributed by atoms with Gasteiger partial charge in [0.05, 0.1) is 6.10 Å². The van der Waals surface area contributed by atoms with Gasteiger partial charge in [0.15, 0.2) is 0 Å². The van der Waals surface area contributed by atoms with Crippen molar-refractivity contribution in [2.24, 2.45) is 0 Å². The Morgan fingerprint density at radius 2 is 1.75 bits per heavy atom. The summed E-state index contributed by atoms with van der Waals surface area (Å²) in [5, 5.41) is 10.1. The molecule has 0 bridgehead atoms. The average Bonchev–Trinajstić information content (AvgIpc) is 2.52. The number of aliphatic hydroxyl groups is 1. The maximum Gasteiger partial charge on any atom is 0.115 e. The Morgan fingerprint density at radius 3 is 2.50 bits per heavy atom. The predicted octanol–water partition coefficient (Wildman–Crippen LogP) is 3.37. The van der Waals surface area contributed by atoms with Crippen LogP contribution in [0.1, 0.15) is 22.8 Å². The van der Waals surface area contributed by atoms with Crippen LogP contribution in [0.3, 0.4) is 0 Å². The first kappa shape index (κ1) is 13.1. The molecule has 102 valence electrons. The summed E-state index contributed by atoms with van der Waals surface area (Å²) >= 11 is 0. The fraction of sp³-hybridized carbons (Fsp3) is 0.222. The molecule has 2 aromatic rings. The first-order valence-electron chi connectivity index (χ1n) is 6.81. The Morgan fingerprint density at radius 1 is 1.05 bits per heavy atom. The molecule has 0 amide bonds. The van der Waals surface area contributed by atoms with Gasteiger partial charge in [-0.2, -0.15) is 0 Å². The van der Waals surface area contributed by atoms with E-state index in [1.807, 2.05) is 54.6 Å². The van der Waals surface area contributed by atoms with E-state index in [-0.39, 0.29) is 0 Å². The minimum absolute atomic E-state index is 0.503. The maximum atomic E-state index is 10.1. The van der Waals surface area contributed by atoms with E-state index in [0.29, 0.717) is 0 Å². The number of methoxy groups -OCH3 is 1. The van der Waals surface area contributed by atoms with Crippen molar-refractivity contribution >= 4 is 0 Å². The zero-order valence-electron chi connectivity index (χ0n) is 11.5. The van der Waals surface area contributed by atoms with Gasteiger partial charge in [-0.05, 0) is 22.8 Å². The molecule has 0 saturated heterocycles. The van der Waals surface area contributed by atoms with E-state index in [4.69, 9.17) is 4.74 Å². The van der Waals surface area contributed by atoms with Gasteiger partial charge in [-0.15, -0.1) is 0 Å². The van der Waals surface area contributed by atoms with Crippen molar-refractivity contribution < 1.29 is 9.84 Å². The van der Waals surface area contributed by atoms with E-state index in [1.54, 1.807) is 7.11 Å². The molecule has 20 heavy (non-hydrogen) atoms. The van der Waals surface area contributed by atoms with Gasteiger partial charge in [0.25, 0.3) is 0 Å². The summed E-state index contributed by atoms with van der Waals surface area (Å²) in [6, 6.07) is 18.2. The second-order valence-electron chi connectivity index (χ2n) is 5.15. The molecule has 0 aromatic heterocycles. The average molecular weight is 266 g/mol. The molecule has 1 unspecified atom stereocenters. The Kier molecular flexibility index (Phi) is 3.43. The first-order chi connectivity index (χ1) is 9.75. The highest BCUT2D eigenvalue weighted by atomic mass is 16.5. The van der Waals surface area contributed by atoms with E-state index in [9.17, 15) is 5.11 Å². The quantitative estimate of drug-likeness (QED) is 0.863. The summed E-state index contributed by atoms with van der Waals surface area (Å²) in [4.78, 5) is 0. The molecule has 0 heterocycles. The van der Waals surface area contributed by atoms with Crippen molar-refractivity contribution in [1.29, 1.82) is 0 Å². The van der Waals surface area contributed by atoms with Crippen LogP contribution in [-0.2, 0) is 16.8 Å². The van der Waals surface area contributed by atoms with Crippen molar-refractivity contribution in [3.05, 3.63) is 83.4 Å². The molecule has 0 saturated carbocycles. The fourth-order valence-corrected chi connectivity index (χ4v) is 2.88. The molecule has 1 N–H and O–H groups in total. The van der Waals surface area contributed by atoms with E-state index in [2.05, 4.69) is 12.1 Å². The van der Waals surface area contributed by atoms with E-state index >= 15 is 0 Å². The molecule has 0 spiro atoms. The molecular weight excluding hydrogens is 248 g/mol. The SMILES string of the molecule is CO[C@]1(Cc2ccccc2)C=CC(O)c2ccccc21. The lowest BCUT2D eigenvalue weighted by Crippen LogP contribution is -2.33. The summed E-state index contributed by atoms with van der Waals surface area (Å²) in [6.07, 6.45) is 4.00. The Balaban J connectivity index is 2.07. The lowest BCUT2D eigenvalue weighted by atomic mass is 9.79. The Bertz CT molecular complexity index is 618. The first-order valence-corrected chi connectivity index (χ1v) is 6.81. The van der Waals surface area contributed by atoms with Crippen LogP contribution < -0.4 is 0 Å². The van der Waals surface area contributed by atoms with Gasteiger partial charge < -0.3 is 9.84 Å². The predicted molar refractivity (Wildman–Crippen MR) is 79.4 cm³/mol. The van der Waals surface area contributed by atoms with E-state index in [0.717, 1.165) is 17.5 Å². The van der Waals surface area contributed by atoms with Crippen LogP contribution in [0, 0.1) is 0 Å². The van der Waals surface area contributed by atoms with E-state index in [1.165, 1.54) is 5.56 Å². The minimum Gasteiger partial charge on any atom is -0.384 e. The minimum atomic E-state index is -0.551. The molecule has 2 heteroatoms. The molecule has 3 rings (SSSR count). The molecule has 1 aliphatic rings. The van der Waals surface area contributed by atoms with Crippen molar-refractivity contribution in [2.45, 2.75) is 18.1 Å². The largest absolute Gasteiger partial charge is 0.384 e. The number of benzene rings is 2. The molecular formula is C18H18O2. The third-order valence-corrected chi connectivity index (χ3v) is 3.96. The summed E-state index contributed by atoms with van der Waals surface area (Å²) in [7, 11) is 1.72. The summed E-state index contributed by atoms with van der Waals surface area (Å²) < 4.78 is 5.86. The maximum absolute atomic E-state index is 10.1. The lowest BCUT2D eigenvalue weighted by Gasteiger charge is -2.36. The molecule has 2 atom stereocenters. The Labute approximate surface area is 119 Å². The monoisotopic (exact) mass is 266 g/mol. The van der Waals surface area contributed by atoms with Crippen LogP contribution in [0.5, 0.6) is 0 Å². The van der Waals surface area contributed by atoms with Gasteiger partial charge >= 0.3 is 0 Å². The van der Waals surface area contributed by atoms with Gasteiger partial charge in [0.1, 0.15) is 5.60 Å². The number of hydrogen-bond donors (Lipinski definition) is 1. The zero-order chi connectivity index (χ0) is 14.0. The second-order valence-corrected chi connectivity index (χ2v) is 5.15. The van der Waals surface area contributed by atoms with Gasteiger partial charge in [0.2, 0.25) is 0 Å². The number of ether oxygens (including phenoxy) is 1. The highest BCUT2D eigenvalue weighted by molar-refractivity contribution is 5.44. The third kappa shape index (κ3) is 2.17.